The highest BCUT2D eigenvalue weighted by Gasteiger charge is 2.42. The van der Waals surface area contributed by atoms with E-state index in [1.807, 2.05) is 0 Å². The van der Waals surface area contributed by atoms with Crippen LogP contribution in [0.2, 0.25) is 0 Å². The summed E-state index contributed by atoms with van der Waals surface area (Å²) in [5, 5.41) is 13.6. The van der Waals surface area contributed by atoms with E-state index in [9.17, 15) is 18.0 Å². The monoisotopic (exact) mass is 342 g/mol. The number of amides is 1. The zero-order chi connectivity index (χ0) is 17.7. The zero-order valence-electron chi connectivity index (χ0n) is 13.4. The molecule has 1 aliphatic rings. The molecule has 1 N–H and O–H groups in total. The maximum Gasteiger partial charge on any atom is 0.433 e. The normalized spacial score (nSPS) is 15.6. The Balaban J connectivity index is 1.95. The summed E-state index contributed by atoms with van der Waals surface area (Å²) >= 11 is 0. The highest BCUT2D eigenvalue weighted by Crippen LogP contribution is 2.37. The first kappa shape index (κ1) is 16.5. The molecule has 24 heavy (non-hydrogen) atoms. The van der Waals surface area contributed by atoms with Crippen LogP contribution in [0.1, 0.15) is 55.7 Å². The van der Waals surface area contributed by atoms with Crippen LogP contribution in [-0.4, -0.2) is 30.5 Å². The third-order valence-corrected chi connectivity index (χ3v) is 3.66. The molecule has 0 atom stereocenters. The van der Waals surface area contributed by atoms with Crippen LogP contribution in [0.5, 0.6) is 0 Å². The van der Waals surface area contributed by atoms with E-state index in [1.165, 1.54) is 6.33 Å². The van der Waals surface area contributed by atoms with Crippen molar-refractivity contribution in [2.24, 2.45) is 0 Å². The van der Waals surface area contributed by atoms with Crippen molar-refractivity contribution in [3.05, 3.63) is 23.8 Å². The number of halogens is 3. The van der Waals surface area contributed by atoms with Gasteiger partial charge in [-0.15, -0.1) is 10.2 Å². The molecule has 0 bridgehead atoms. The summed E-state index contributed by atoms with van der Waals surface area (Å²) in [7, 11) is 0. The van der Waals surface area contributed by atoms with Crippen LogP contribution >= 0.6 is 0 Å². The van der Waals surface area contributed by atoms with Gasteiger partial charge in [0.25, 0.3) is 5.91 Å². The summed E-state index contributed by atoms with van der Waals surface area (Å²) in [5.74, 6) is -0.771. The van der Waals surface area contributed by atoms with E-state index < -0.39 is 28.9 Å². The van der Waals surface area contributed by atoms with Crippen LogP contribution in [0.25, 0.3) is 0 Å². The van der Waals surface area contributed by atoms with Crippen LogP contribution < -0.4 is 5.32 Å². The van der Waals surface area contributed by atoms with Gasteiger partial charge in [0.2, 0.25) is 5.95 Å². The molecular weight excluding hydrogens is 325 g/mol. The van der Waals surface area contributed by atoms with E-state index in [2.05, 4.69) is 20.6 Å². The molecule has 2 aromatic rings. The second-order valence-electron chi connectivity index (χ2n) is 6.73. The quantitative estimate of drug-likeness (QED) is 0.930. The van der Waals surface area contributed by atoms with Crippen molar-refractivity contribution in [3.63, 3.8) is 0 Å². The van der Waals surface area contributed by atoms with E-state index >= 15 is 0 Å². The first-order valence-electron chi connectivity index (χ1n) is 7.45. The lowest BCUT2D eigenvalue weighted by Crippen LogP contribution is -2.30. The summed E-state index contributed by atoms with van der Waals surface area (Å²) in [6.45, 7) is 4.75. The largest absolute Gasteiger partial charge is 0.433 e. The van der Waals surface area contributed by atoms with Crippen LogP contribution in [0, 0.1) is 0 Å². The van der Waals surface area contributed by atoms with Gasteiger partial charge in [0.15, 0.2) is 5.69 Å². The number of alkyl halides is 3. The first-order valence-corrected chi connectivity index (χ1v) is 7.45. The molecule has 0 saturated heterocycles. The molecule has 2 aromatic heterocycles. The Hall–Kier alpha value is -2.39. The predicted octanol–water partition coefficient (Wildman–Crippen LogP) is 2.84. The number of carbonyl (C=O) groups is 1. The summed E-state index contributed by atoms with van der Waals surface area (Å²) < 4.78 is 42.8. The average Bonchev–Trinajstić information content (AvgIpc) is 2.99. The Kier molecular flexibility index (Phi) is 3.65. The molecule has 1 amide bonds. The molecule has 0 spiro atoms. The number of anilines is 1. The molecule has 3 rings (SSSR count). The molecule has 1 saturated carbocycles. The van der Waals surface area contributed by atoms with Crippen molar-refractivity contribution in [3.8, 4) is 0 Å². The Morgan fingerprint density at radius 3 is 2.50 bits per heavy atom. The van der Waals surface area contributed by atoms with Crippen molar-refractivity contribution < 1.29 is 18.0 Å². The maximum absolute atomic E-state index is 13.5. The summed E-state index contributed by atoms with van der Waals surface area (Å²) in [6.07, 6.45) is -0.467. The zero-order valence-corrected chi connectivity index (χ0v) is 13.4. The second kappa shape index (κ2) is 5.32. The Morgan fingerprint density at radius 1 is 1.29 bits per heavy atom. The molecule has 1 aliphatic carbocycles. The van der Waals surface area contributed by atoms with Gasteiger partial charge in [-0.25, -0.2) is 0 Å². The van der Waals surface area contributed by atoms with Crippen LogP contribution in [0.4, 0.5) is 19.1 Å². The maximum atomic E-state index is 13.5. The first-order chi connectivity index (χ1) is 11.1. The number of hydrogen-bond donors (Lipinski definition) is 1. The summed E-state index contributed by atoms with van der Waals surface area (Å²) in [6, 6.07) is 0.190. The van der Waals surface area contributed by atoms with Crippen molar-refractivity contribution in [2.45, 2.75) is 51.4 Å². The highest BCUT2D eigenvalue weighted by molar-refractivity contribution is 6.04. The molecule has 1 fully saturated rings. The van der Waals surface area contributed by atoms with Crippen LogP contribution in [0.3, 0.4) is 0 Å². The third kappa shape index (κ3) is 3.00. The van der Waals surface area contributed by atoms with Gasteiger partial charge >= 0.3 is 6.18 Å². The lowest BCUT2D eigenvalue weighted by Gasteiger charge is -2.23. The summed E-state index contributed by atoms with van der Waals surface area (Å²) in [5.41, 5.74) is -2.54. The van der Waals surface area contributed by atoms with Gasteiger partial charge in [-0.05, 0) is 33.6 Å². The standard InChI is InChI=1S/C14H17F3N6O/c1-13(2,3)23-10(14(15,16)17)9(6-19-23)11(24)20-12-21-18-7-22(12)8-4-5-8/h6-8H,4-5H2,1-3H3,(H,20,21,24). The average molecular weight is 342 g/mol. The van der Waals surface area contributed by atoms with Gasteiger partial charge in [-0.2, -0.15) is 18.3 Å². The molecule has 0 radical (unpaired) electrons. The molecule has 7 nitrogen and oxygen atoms in total. The number of rotatable bonds is 3. The lowest BCUT2D eigenvalue weighted by molar-refractivity contribution is -0.146. The Morgan fingerprint density at radius 2 is 1.96 bits per heavy atom. The Bertz CT molecular complexity index is 766. The fourth-order valence-electron chi connectivity index (χ4n) is 2.42. The second-order valence-corrected chi connectivity index (χ2v) is 6.73. The van der Waals surface area contributed by atoms with Crippen molar-refractivity contribution >= 4 is 11.9 Å². The van der Waals surface area contributed by atoms with Crippen molar-refractivity contribution in [2.75, 3.05) is 5.32 Å². The Labute approximate surface area is 135 Å². The fraction of sp³-hybridized carbons (Fsp3) is 0.571. The highest BCUT2D eigenvalue weighted by atomic mass is 19.4. The van der Waals surface area contributed by atoms with Crippen LogP contribution in [-0.2, 0) is 11.7 Å². The molecule has 130 valence electrons. The lowest BCUT2D eigenvalue weighted by atomic mass is 10.1. The fourth-order valence-corrected chi connectivity index (χ4v) is 2.42. The van der Waals surface area contributed by atoms with Crippen LogP contribution in [0.15, 0.2) is 12.5 Å². The van der Waals surface area contributed by atoms with E-state index in [0.717, 1.165) is 23.7 Å². The third-order valence-electron chi connectivity index (χ3n) is 3.66. The smallest absolute Gasteiger partial charge is 0.297 e. The minimum absolute atomic E-state index is 0.138. The van der Waals surface area contributed by atoms with Gasteiger partial charge in [0, 0.05) is 6.04 Å². The van der Waals surface area contributed by atoms with E-state index in [1.54, 1.807) is 25.3 Å². The minimum atomic E-state index is -4.71. The minimum Gasteiger partial charge on any atom is -0.297 e. The van der Waals surface area contributed by atoms with E-state index in [4.69, 9.17) is 0 Å². The van der Waals surface area contributed by atoms with E-state index in [0.29, 0.717) is 0 Å². The predicted molar refractivity (Wildman–Crippen MR) is 78.5 cm³/mol. The molecule has 0 unspecified atom stereocenters. The van der Waals surface area contributed by atoms with Crippen molar-refractivity contribution in [1.29, 1.82) is 0 Å². The van der Waals surface area contributed by atoms with Gasteiger partial charge in [-0.3, -0.25) is 19.4 Å². The van der Waals surface area contributed by atoms with Crippen molar-refractivity contribution in [1.82, 2.24) is 24.5 Å². The summed E-state index contributed by atoms with van der Waals surface area (Å²) in [4.78, 5) is 12.4. The molecule has 0 aromatic carbocycles. The van der Waals surface area contributed by atoms with Gasteiger partial charge in [-0.1, -0.05) is 0 Å². The van der Waals surface area contributed by atoms with E-state index in [-0.39, 0.29) is 12.0 Å². The number of carbonyl (C=O) groups excluding carboxylic acids is 1. The number of nitrogens with one attached hydrogen (secondary N) is 1. The number of hydrogen-bond acceptors (Lipinski definition) is 4. The SMILES string of the molecule is CC(C)(C)n1ncc(C(=O)Nc2nncn2C2CC2)c1C(F)(F)F. The molecule has 10 heteroatoms. The van der Waals surface area contributed by atoms with Gasteiger partial charge in [0.1, 0.15) is 6.33 Å². The number of aromatic nitrogens is 5. The molecule has 0 aliphatic heterocycles. The number of nitrogens with zero attached hydrogens (tertiary/aromatic N) is 5. The van der Waals surface area contributed by atoms with Gasteiger partial charge in [0.05, 0.1) is 17.3 Å². The molecule has 2 heterocycles. The molecular formula is C14H17F3N6O. The van der Waals surface area contributed by atoms with Gasteiger partial charge < -0.3 is 0 Å². The topological polar surface area (TPSA) is 77.6 Å².